The van der Waals surface area contributed by atoms with Crippen molar-refractivity contribution < 1.29 is 9.53 Å². The minimum absolute atomic E-state index is 0.0402. The van der Waals surface area contributed by atoms with Crippen LogP contribution in [0.1, 0.15) is 12.8 Å². The summed E-state index contributed by atoms with van der Waals surface area (Å²) in [6.07, 6.45) is 3.64. The maximum absolute atomic E-state index is 12.0. The van der Waals surface area contributed by atoms with E-state index in [4.69, 9.17) is 11.6 Å². The molecule has 2 rings (SSSR count). The van der Waals surface area contributed by atoms with Gasteiger partial charge in [0, 0.05) is 6.54 Å². The Morgan fingerprint density at radius 3 is 3.14 bits per heavy atom. The largest absolute Gasteiger partial charge is 0.468 e. The first-order valence-corrected chi connectivity index (χ1v) is 7.26. The van der Waals surface area contributed by atoms with E-state index in [-0.39, 0.29) is 11.6 Å². The SMILES string of the molecule is COC(=O)Cn1ncc(NCCC2CCNC2)c(Cl)c1=O. The molecule has 0 amide bonds. The molecule has 8 heteroatoms. The Kier molecular flexibility index (Phi) is 5.58. The standard InChI is InChI=1S/C13H19ClN4O3/c1-21-11(19)8-18-13(20)12(14)10(7-17-18)16-5-3-9-2-4-15-6-9/h7,9,15-16H,2-6,8H2,1H3. The number of carbonyl (C=O) groups is 1. The highest BCUT2D eigenvalue weighted by atomic mass is 35.5. The van der Waals surface area contributed by atoms with Crippen LogP contribution in [0.3, 0.4) is 0 Å². The van der Waals surface area contributed by atoms with Crippen molar-refractivity contribution in [2.24, 2.45) is 5.92 Å². The second kappa shape index (κ2) is 7.42. The molecule has 0 aliphatic carbocycles. The molecule has 1 aliphatic heterocycles. The van der Waals surface area contributed by atoms with E-state index in [0.717, 1.165) is 30.7 Å². The molecule has 1 saturated heterocycles. The molecule has 0 bridgehead atoms. The molecule has 0 spiro atoms. The van der Waals surface area contributed by atoms with Gasteiger partial charge in [0.2, 0.25) is 0 Å². The molecule has 1 aromatic heterocycles. The Labute approximate surface area is 127 Å². The van der Waals surface area contributed by atoms with Gasteiger partial charge in [-0.05, 0) is 31.8 Å². The summed E-state index contributed by atoms with van der Waals surface area (Å²) < 4.78 is 5.48. The summed E-state index contributed by atoms with van der Waals surface area (Å²) in [7, 11) is 1.25. The van der Waals surface area contributed by atoms with Crippen LogP contribution in [0, 0.1) is 5.92 Å². The molecule has 0 radical (unpaired) electrons. The van der Waals surface area contributed by atoms with E-state index in [1.54, 1.807) is 0 Å². The van der Waals surface area contributed by atoms with Gasteiger partial charge in [0.15, 0.2) is 0 Å². The summed E-state index contributed by atoms with van der Waals surface area (Å²) in [6.45, 7) is 2.59. The first-order valence-electron chi connectivity index (χ1n) is 6.89. The van der Waals surface area contributed by atoms with Crippen molar-refractivity contribution in [3.05, 3.63) is 21.6 Å². The quantitative estimate of drug-likeness (QED) is 0.743. The van der Waals surface area contributed by atoms with E-state index in [9.17, 15) is 9.59 Å². The third-order valence-corrected chi connectivity index (χ3v) is 3.89. The number of nitrogens with zero attached hydrogens (tertiary/aromatic N) is 2. The van der Waals surface area contributed by atoms with E-state index in [0.29, 0.717) is 11.6 Å². The van der Waals surface area contributed by atoms with Crippen LogP contribution in [0.4, 0.5) is 5.69 Å². The molecule has 2 N–H and O–H groups in total. The maximum atomic E-state index is 12.0. The number of anilines is 1. The van der Waals surface area contributed by atoms with E-state index < -0.39 is 11.5 Å². The third kappa shape index (κ3) is 4.18. The monoisotopic (exact) mass is 314 g/mol. The maximum Gasteiger partial charge on any atom is 0.327 e. The lowest BCUT2D eigenvalue weighted by atomic mass is 10.1. The van der Waals surface area contributed by atoms with E-state index in [2.05, 4.69) is 20.5 Å². The van der Waals surface area contributed by atoms with Crippen LogP contribution in [0.25, 0.3) is 0 Å². The lowest BCUT2D eigenvalue weighted by molar-refractivity contribution is -0.141. The topological polar surface area (TPSA) is 85.2 Å². The molecule has 1 aromatic rings. The lowest BCUT2D eigenvalue weighted by Crippen LogP contribution is -2.28. The first kappa shape index (κ1) is 15.8. The summed E-state index contributed by atoms with van der Waals surface area (Å²) in [6, 6.07) is 0. The average Bonchev–Trinajstić information content (AvgIpc) is 2.99. The minimum Gasteiger partial charge on any atom is -0.468 e. The number of methoxy groups -OCH3 is 1. The van der Waals surface area contributed by atoms with E-state index in [1.165, 1.54) is 19.7 Å². The fraction of sp³-hybridized carbons (Fsp3) is 0.615. The fourth-order valence-electron chi connectivity index (χ4n) is 2.26. The van der Waals surface area contributed by atoms with Crippen LogP contribution in [0.15, 0.2) is 11.0 Å². The van der Waals surface area contributed by atoms with Crippen LogP contribution >= 0.6 is 11.6 Å². The molecule has 1 unspecified atom stereocenters. The van der Waals surface area contributed by atoms with Gasteiger partial charge < -0.3 is 15.4 Å². The third-order valence-electron chi connectivity index (χ3n) is 3.52. The van der Waals surface area contributed by atoms with Gasteiger partial charge in [0.05, 0.1) is 19.0 Å². The Hall–Kier alpha value is -1.60. The van der Waals surface area contributed by atoms with Crippen molar-refractivity contribution in [2.45, 2.75) is 19.4 Å². The van der Waals surface area contributed by atoms with Gasteiger partial charge in [-0.15, -0.1) is 0 Å². The summed E-state index contributed by atoms with van der Waals surface area (Å²) in [5.74, 6) is 0.110. The normalized spacial score (nSPS) is 17.7. The predicted octanol–water partition coefficient (Wildman–Crippen LogP) is 0.481. The summed E-state index contributed by atoms with van der Waals surface area (Å²) in [4.78, 5) is 23.1. The molecule has 1 aliphatic rings. The molecule has 2 heterocycles. The Morgan fingerprint density at radius 2 is 2.48 bits per heavy atom. The number of hydrogen-bond donors (Lipinski definition) is 2. The molecular formula is C13H19ClN4O3. The molecule has 0 saturated carbocycles. The second-order valence-corrected chi connectivity index (χ2v) is 5.36. The van der Waals surface area contributed by atoms with Gasteiger partial charge in [0.25, 0.3) is 5.56 Å². The summed E-state index contributed by atoms with van der Waals surface area (Å²) >= 11 is 6.02. The van der Waals surface area contributed by atoms with E-state index in [1.807, 2.05) is 0 Å². The molecular weight excluding hydrogens is 296 g/mol. The Balaban J connectivity index is 1.95. The number of nitrogens with one attached hydrogen (secondary N) is 2. The van der Waals surface area contributed by atoms with Crippen molar-refractivity contribution in [1.82, 2.24) is 15.1 Å². The number of aromatic nitrogens is 2. The second-order valence-electron chi connectivity index (χ2n) is 4.99. The van der Waals surface area contributed by atoms with Crippen molar-refractivity contribution in [2.75, 3.05) is 32.1 Å². The van der Waals surface area contributed by atoms with Crippen molar-refractivity contribution in [1.29, 1.82) is 0 Å². The average molecular weight is 315 g/mol. The molecule has 0 aromatic carbocycles. The van der Waals surface area contributed by atoms with Crippen molar-refractivity contribution in [3.63, 3.8) is 0 Å². The van der Waals surface area contributed by atoms with Crippen LogP contribution < -0.4 is 16.2 Å². The molecule has 1 fully saturated rings. The Morgan fingerprint density at radius 1 is 1.67 bits per heavy atom. The molecule has 21 heavy (non-hydrogen) atoms. The van der Waals surface area contributed by atoms with Crippen LogP contribution in [0.2, 0.25) is 5.02 Å². The molecule has 7 nitrogen and oxygen atoms in total. The first-order chi connectivity index (χ1) is 10.1. The van der Waals surface area contributed by atoms with Crippen LogP contribution in [-0.2, 0) is 16.1 Å². The van der Waals surface area contributed by atoms with Gasteiger partial charge in [-0.3, -0.25) is 9.59 Å². The number of ether oxygens (including phenoxy) is 1. The number of carbonyl (C=O) groups excluding carboxylic acids is 1. The summed E-state index contributed by atoms with van der Waals surface area (Å²) in [5, 5.41) is 10.4. The summed E-state index contributed by atoms with van der Waals surface area (Å²) in [5.41, 5.74) is -0.0108. The minimum atomic E-state index is -0.546. The number of halogens is 1. The van der Waals surface area contributed by atoms with Gasteiger partial charge in [-0.2, -0.15) is 5.10 Å². The van der Waals surface area contributed by atoms with Crippen molar-refractivity contribution in [3.8, 4) is 0 Å². The van der Waals surface area contributed by atoms with Gasteiger partial charge in [-0.1, -0.05) is 11.6 Å². The number of rotatable bonds is 6. The van der Waals surface area contributed by atoms with Crippen LogP contribution in [-0.4, -0.2) is 42.5 Å². The predicted molar refractivity (Wildman–Crippen MR) is 79.6 cm³/mol. The molecule has 116 valence electrons. The highest BCUT2D eigenvalue weighted by Gasteiger charge is 2.15. The Bertz CT molecular complexity index is 555. The van der Waals surface area contributed by atoms with Gasteiger partial charge in [0.1, 0.15) is 11.6 Å². The lowest BCUT2D eigenvalue weighted by Gasteiger charge is -2.12. The highest BCUT2D eigenvalue weighted by Crippen LogP contribution is 2.17. The van der Waals surface area contributed by atoms with Crippen LogP contribution in [0.5, 0.6) is 0 Å². The van der Waals surface area contributed by atoms with Gasteiger partial charge in [-0.25, -0.2) is 4.68 Å². The fourth-order valence-corrected chi connectivity index (χ4v) is 2.47. The smallest absolute Gasteiger partial charge is 0.327 e. The zero-order valence-corrected chi connectivity index (χ0v) is 12.7. The van der Waals surface area contributed by atoms with Crippen molar-refractivity contribution >= 4 is 23.3 Å². The van der Waals surface area contributed by atoms with Gasteiger partial charge >= 0.3 is 5.97 Å². The number of hydrogen-bond acceptors (Lipinski definition) is 6. The molecule has 1 atom stereocenters. The highest BCUT2D eigenvalue weighted by molar-refractivity contribution is 6.32. The zero-order valence-electron chi connectivity index (χ0n) is 11.9. The zero-order chi connectivity index (χ0) is 15.2. The van der Waals surface area contributed by atoms with E-state index >= 15 is 0 Å². The number of esters is 1.